The molecule has 1 aromatic heterocycles. The van der Waals surface area contributed by atoms with Crippen LogP contribution in [0.4, 0.5) is 11.5 Å². The molecule has 0 aliphatic heterocycles. The van der Waals surface area contributed by atoms with Crippen molar-refractivity contribution < 1.29 is 0 Å². The first-order valence-corrected chi connectivity index (χ1v) is 3.55. The number of anilines is 1. The molecule has 0 unspecified atom stereocenters. The molecule has 0 aliphatic carbocycles. The van der Waals surface area contributed by atoms with Gasteiger partial charge < -0.3 is 5.73 Å². The Morgan fingerprint density at radius 2 is 2.33 bits per heavy atom. The summed E-state index contributed by atoms with van der Waals surface area (Å²) in [5.41, 5.74) is 7.95. The van der Waals surface area contributed by atoms with E-state index in [0.717, 1.165) is 11.3 Å². The predicted octanol–water partition coefficient (Wildman–Crippen LogP) is 1.95. The van der Waals surface area contributed by atoms with Crippen LogP contribution in [0.1, 0.15) is 11.3 Å². The summed E-state index contributed by atoms with van der Waals surface area (Å²) in [6.07, 6.45) is 1.69. The third-order valence-electron chi connectivity index (χ3n) is 1.56. The van der Waals surface area contributed by atoms with Gasteiger partial charge in [0.05, 0.1) is 0 Å². The normalized spacial score (nSPS) is 9.42. The summed E-state index contributed by atoms with van der Waals surface area (Å²) in [4.78, 5) is 7.82. The first kappa shape index (κ1) is 8.46. The van der Waals surface area contributed by atoms with Gasteiger partial charge in [0.2, 0.25) is 0 Å². The predicted molar refractivity (Wildman–Crippen MR) is 52.7 cm³/mol. The molecule has 0 aromatic carbocycles. The van der Waals surface area contributed by atoms with Gasteiger partial charge >= 0.3 is 0 Å². The maximum atomic E-state index is 5.62. The number of nitrogens with zero attached hydrogens (tertiary/aromatic N) is 2. The summed E-state index contributed by atoms with van der Waals surface area (Å²) in [5.74, 6) is 0.403. The molecule has 1 aromatic rings. The molecule has 0 fully saturated rings. The zero-order valence-electron chi connectivity index (χ0n) is 7.04. The van der Waals surface area contributed by atoms with Crippen molar-refractivity contribution in [1.82, 2.24) is 4.98 Å². The molecule has 3 heteroatoms. The highest BCUT2D eigenvalue weighted by Gasteiger charge is 2.03. The van der Waals surface area contributed by atoms with E-state index >= 15 is 0 Å². The van der Waals surface area contributed by atoms with Gasteiger partial charge in [0, 0.05) is 11.3 Å². The van der Waals surface area contributed by atoms with Gasteiger partial charge in [0.1, 0.15) is 11.5 Å². The first-order valence-electron chi connectivity index (χ1n) is 3.55. The standard InChI is InChI=1S/C9H11N3/c1-4-7-5-6(2)12-9(10)8(7)11-3/h4-5H,1,3H2,2H3,(H2,10,12). The molecule has 0 bridgehead atoms. The molecule has 0 aliphatic rings. The molecule has 0 spiro atoms. The molecule has 2 N–H and O–H groups in total. The number of hydrogen-bond acceptors (Lipinski definition) is 3. The fourth-order valence-corrected chi connectivity index (χ4v) is 1.04. The summed E-state index contributed by atoms with van der Waals surface area (Å²) in [7, 11) is 0. The van der Waals surface area contributed by atoms with E-state index in [1.54, 1.807) is 6.08 Å². The van der Waals surface area contributed by atoms with Crippen molar-refractivity contribution in [2.45, 2.75) is 6.92 Å². The number of nitrogens with two attached hydrogens (primary N) is 1. The van der Waals surface area contributed by atoms with Crippen LogP contribution < -0.4 is 5.73 Å². The maximum absolute atomic E-state index is 5.62. The van der Waals surface area contributed by atoms with Gasteiger partial charge in [-0.25, -0.2) is 4.98 Å². The van der Waals surface area contributed by atoms with Gasteiger partial charge in [-0.15, -0.1) is 0 Å². The third-order valence-corrected chi connectivity index (χ3v) is 1.56. The Morgan fingerprint density at radius 1 is 1.67 bits per heavy atom. The molecular formula is C9H11N3. The van der Waals surface area contributed by atoms with E-state index in [0.29, 0.717) is 11.5 Å². The highest BCUT2D eigenvalue weighted by atomic mass is 14.9. The van der Waals surface area contributed by atoms with Crippen LogP contribution in [0.25, 0.3) is 6.08 Å². The lowest BCUT2D eigenvalue weighted by Gasteiger charge is -2.04. The van der Waals surface area contributed by atoms with Crippen molar-refractivity contribution in [1.29, 1.82) is 0 Å². The topological polar surface area (TPSA) is 51.3 Å². The Hall–Kier alpha value is -1.64. The van der Waals surface area contributed by atoms with E-state index in [4.69, 9.17) is 5.73 Å². The van der Waals surface area contributed by atoms with Gasteiger partial charge in [0.15, 0.2) is 0 Å². The zero-order valence-corrected chi connectivity index (χ0v) is 7.04. The van der Waals surface area contributed by atoms with E-state index < -0.39 is 0 Å². The minimum absolute atomic E-state index is 0.403. The molecule has 1 heterocycles. The molecule has 0 atom stereocenters. The lowest BCUT2D eigenvalue weighted by molar-refractivity contribution is 1.20. The second-order valence-electron chi connectivity index (χ2n) is 2.45. The van der Waals surface area contributed by atoms with E-state index in [1.807, 2.05) is 13.0 Å². The minimum atomic E-state index is 0.403. The molecule has 0 saturated heterocycles. The number of aromatic nitrogens is 1. The summed E-state index contributed by atoms with van der Waals surface area (Å²) in [6.45, 7) is 8.93. The molecule has 1 rings (SSSR count). The van der Waals surface area contributed by atoms with E-state index in [2.05, 4.69) is 23.3 Å². The summed E-state index contributed by atoms with van der Waals surface area (Å²) in [6, 6.07) is 1.87. The Bertz CT molecular complexity index is 329. The zero-order chi connectivity index (χ0) is 9.14. The third kappa shape index (κ3) is 1.34. The van der Waals surface area contributed by atoms with Crippen LogP contribution in [-0.2, 0) is 0 Å². The van der Waals surface area contributed by atoms with Gasteiger partial charge in [-0.05, 0) is 19.7 Å². The van der Waals surface area contributed by atoms with Gasteiger partial charge in [0.25, 0.3) is 0 Å². The van der Waals surface area contributed by atoms with Crippen molar-refractivity contribution >= 4 is 24.3 Å². The largest absolute Gasteiger partial charge is 0.382 e. The van der Waals surface area contributed by atoms with Crippen molar-refractivity contribution in [3.63, 3.8) is 0 Å². The van der Waals surface area contributed by atoms with Crippen molar-refractivity contribution in [2.75, 3.05) is 5.73 Å². The van der Waals surface area contributed by atoms with Crippen LogP contribution in [-0.4, -0.2) is 11.7 Å². The van der Waals surface area contributed by atoms with Crippen LogP contribution in [0, 0.1) is 6.92 Å². The smallest absolute Gasteiger partial charge is 0.150 e. The van der Waals surface area contributed by atoms with Crippen LogP contribution in [0.2, 0.25) is 0 Å². The van der Waals surface area contributed by atoms with Gasteiger partial charge in [-0.3, -0.25) is 4.99 Å². The SMILES string of the molecule is C=Cc1cc(C)nc(N)c1N=C. The second kappa shape index (κ2) is 3.17. The van der Waals surface area contributed by atoms with Crippen LogP contribution in [0.5, 0.6) is 0 Å². The van der Waals surface area contributed by atoms with Gasteiger partial charge in [-0.1, -0.05) is 12.7 Å². The number of rotatable bonds is 2. The molecule has 62 valence electrons. The molecule has 0 saturated carbocycles. The molecule has 3 nitrogen and oxygen atoms in total. The Morgan fingerprint density at radius 3 is 2.83 bits per heavy atom. The van der Waals surface area contributed by atoms with E-state index in [1.165, 1.54) is 0 Å². The van der Waals surface area contributed by atoms with E-state index in [-0.39, 0.29) is 0 Å². The number of aliphatic imine (C=N–C) groups is 1. The fraction of sp³-hybridized carbons (Fsp3) is 0.111. The highest BCUT2D eigenvalue weighted by Crippen LogP contribution is 2.25. The van der Waals surface area contributed by atoms with Crippen molar-refractivity contribution in [3.8, 4) is 0 Å². The Kier molecular flexibility index (Phi) is 2.24. The molecular weight excluding hydrogens is 150 g/mol. The lowest BCUT2D eigenvalue weighted by Crippen LogP contribution is -1.94. The molecule has 12 heavy (non-hydrogen) atoms. The second-order valence-corrected chi connectivity index (χ2v) is 2.45. The monoisotopic (exact) mass is 161 g/mol. The average Bonchev–Trinajstić information content (AvgIpc) is 2.03. The Balaban J connectivity index is 3.43. The number of nitrogen functional groups attached to an aromatic ring is 1. The maximum Gasteiger partial charge on any atom is 0.150 e. The van der Waals surface area contributed by atoms with Crippen LogP contribution in [0.3, 0.4) is 0 Å². The van der Waals surface area contributed by atoms with Gasteiger partial charge in [-0.2, -0.15) is 0 Å². The number of pyridine rings is 1. The minimum Gasteiger partial charge on any atom is -0.382 e. The summed E-state index contributed by atoms with van der Waals surface area (Å²) < 4.78 is 0. The summed E-state index contributed by atoms with van der Waals surface area (Å²) in [5, 5.41) is 0. The van der Waals surface area contributed by atoms with Crippen LogP contribution in [0.15, 0.2) is 17.6 Å². The summed E-state index contributed by atoms with van der Waals surface area (Å²) >= 11 is 0. The van der Waals surface area contributed by atoms with Crippen molar-refractivity contribution in [3.05, 3.63) is 23.9 Å². The fourth-order valence-electron chi connectivity index (χ4n) is 1.04. The van der Waals surface area contributed by atoms with E-state index in [9.17, 15) is 0 Å². The molecule has 0 radical (unpaired) electrons. The highest BCUT2D eigenvalue weighted by molar-refractivity contribution is 5.74. The first-order chi connectivity index (χ1) is 5.69. The van der Waals surface area contributed by atoms with Crippen molar-refractivity contribution in [2.24, 2.45) is 4.99 Å². The lowest BCUT2D eigenvalue weighted by atomic mass is 10.2. The number of aryl methyl sites for hydroxylation is 1. The Labute approximate surface area is 71.7 Å². The average molecular weight is 161 g/mol. The molecule has 0 amide bonds. The van der Waals surface area contributed by atoms with Crippen LogP contribution >= 0.6 is 0 Å². The number of hydrogen-bond donors (Lipinski definition) is 1. The quantitative estimate of drug-likeness (QED) is 0.674.